The molecule has 206 valence electrons. The van der Waals surface area contributed by atoms with Crippen LogP contribution in [-0.2, 0) is 9.59 Å². The zero-order valence-corrected chi connectivity index (χ0v) is 21.5. The second-order valence-corrected chi connectivity index (χ2v) is 10.5. The second-order valence-electron chi connectivity index (χ2n) is 10.5. The average molecular weight is 540 g/mol. The monoisotopic (exact) mass is 539 g/mol. The molecule has 7 nitrogen and oxygen atoms in total. The number of piperidine rings is 1. The molecular formula is C29H32F3N5O2. The predicted octanol–water partition coefficient (Wildman–Crippen LogP) is 4.40. The standard InChI is InChI=1S/C29H32F3N5O2/c30-22-14-17(15-23(31)26(22)32)3-8-25(38)37-12-9-19(10-13-37)27(29(33)39)36-20-6-4-18(5-7-20)21-16-35-24-2-1-11-34-28(21)24/h1-3,8,11,14-16,18-20,27,35-36H,4-7,9-10,12-13H2,(H2,33,39)/b8-3+. The van der Waals surface area contributed by atoms with Crippen molar-refractivity contribution in [2.75, 3.05) is 13.1 Å². The minimum absolute atomic E-state index is 0.00589. The van der Waals surface area contributed by atoms with Crippen LogP contribution >= 0.6 is 0 Å². The van der Waals surface area contributed by atoms with Crippen molar-refractivity contribution >= 4 is 28.9 Å². The number of H-pyrrole nitrogens is 1. The summed E-state index contributed by atoms with van der Waals surface area (Å²) >= 11 is 0. The molecule has 0 radical (unpaired) electrons. The second kappa shape index (κ2) is 11.6. The van der Waals surface area contributed by atoms with E-state index in [4.69, 9.17) is 5.73 Å². The third-order valence-electron chi connectivity index (χ3n) is 8.10. The first-order valence-corrected chi connectivity index (χ1v) is 13.4. The fraction of sp³-hybridized carbons (Fsp3) is 0.414. The molecule has 3 heterocycles. The molecule has 1 aliphatic carbocycles. The maximum atomic E-state index is 13.4. The van der Waals surface area contributed by atoms with Gasteiger partial charge in [0, 0.05) is 37.6 Å². The Bertz CT molecular complexity index is 1350. The molecule has 2 aliphatic rings. The van der Waals surface area contributed by atoms with Gasteiger partial charge in [-0.15, -0.1) is 0 Å². The van der Waals surface area contributed by atoms with Gasteiger partial charge in [0.1, 0.15) is 0 Å². The fourth-order valence-electron chi connectivity index (χ4n) is 5.96. The van der Waals surface area contributed by atoms with Crippen molar-refractivity contribution < 1.29 is 22.8 Å². The molecule has 1 atom stereocenters. The lowest BCUT2D eigenvalue weighted by Crippen LogP contribution is -2.54. The Morgan fingerprint density at radius 2 is 1.77 bits per heavy atom. The van der Waals surface area contributed by atoms with E-state index in [1.54, 1.807) is 4.90 Å². The Balaban J connectivity index is 1.13. The Hall–Kier alpha value is -3.66. The maximum Gasteiger partial charge on any atom is 0.246 e. The summed E-state index contributed by atoms with van der Waals surface area (Å²) in [6, 6.07) is 5.34. The minimum Gasteiger partial charge on any atom is -0.368 e. The molecule has 2 fully saturated rings. The number of fused-ring (bicyclic) bond motifs is 1. The number of nitrogens with two attached hydrogens (primary N) is 1. The highest BCUT2D eigenvalue weighted by molar-refractivity contribution is 5.92. The summed E-state index contributed by atoms with van der Waals surface area (Å²) in [7, 11) is 0. The lowest BCUT2D eigenvalue weighted by Gasteiger charge is -2.38. The molecule has 5 rings (SSSR count). The number of hydrogen-bond acceptors (Lipinski definition) is 4. The quantitative estimate of drug-likeness (QED) is 0.306. The molecule has 1 aliphatic heterocycles. The minimum atomic E-state index is -1.54. The molecule has 1 saturated heterocycles. The number of likely N-dealkylation sites (tertiary alicyclic amines) is 1. The number of pyridine rings is 1. The van der Waals surface area contributed by atoms with Crippen molar-refractivity contribution in [1.29, 1.82) is 0 Å². The molecule has 3 aromatic rings. The number of carbonyl (C=O) groups is 2. The zero-order chi connectivity index (χ0) is 27.5. The van der Waals surface area contributed by atoms with Gasteiger partial charge in [-0.1, -0.05) is 0 Å². The number of aromatic nitrogens is 2. The summed E-state index contributed by atoms with van der Waals surface area (Å²) in [5.41, 5.74) is 9.17. The van der Waals surface area contributed by atoms with E-state index in [-0.39, 0.29) is 29.3 Å². The van der Waals surface area contributed by atoms with Gasteiger partial charge in [-0.2, -0.15) is 0 Å². The Kier molecular flexibility index (Phi) is 8.02. The van der Waals surface area contributed by atoms with Crippen LogP contribution in [0.4, 0.5) is 13.2 Å². The highest BCUT2D eigenvalue weighted by Crippen LogP contribution is 2.36. The van der Waals surface area contributed by atoms with Crippen molar-refractivity contribution in [2.45, 2.75) is 56.5 Å². The molecule has 2 aromatic heterocycles. The van der Waals surface area contributed by atoms with E-state index in [1.165, 1.54) is 17.7 Å². The number of halogens is 3. The maximum absolute atomic E-state index is 13.4. The van der Waals surface area contributed by atoms with Crippen LogP contribution in [0.2, 0.25) is 0 Å². The number of amides is 2. The van der Waals surface area contributed by atoms with Crippen molar-refractivity contribution in [3.05, 3.63) is 71.3 Å². The number of rotatable bonds is 7. The molecule has 4 N–H and O–H groups in total. The van der Waals surface area contributed by atoms with Crippen LogP contribution < -0.4 is 11.1 Å². The van der Waals surface area contributed by atoms with Crippen LogP contribution in [0, 0.1) is 23.4 Å². The Morgan fingerprint density at radius 1 is 1.08 bits per heavy atom. The van der Waals surface area contributed by atoms with Gasteiger partial charge in [-0.25, -0.2) is 13.2 Å². The third-order valence-corrected chi connectivity index (χ3v) is 8.10. The van der Waals surface area contributed by atoms with E-state index in [2.05, 4.69) is 21.5 Å². The lowest BCUT2D eigenvalue weighted by molar-refractivity contribution is -0.128. The summed E-state index contributed by atoms with van der Waals surface area (Å²) < 4.78 is 40.0. The largest absolute Gasteiger partial charge is 0.368 e. The lowest BCUT2D eigenvalue weighted by atomic mass is 9.81. The van der Waals surface area contributed by atoms with Gasteiger partial charge >= 0.3 is 0 Å². The van der Waals surface area contributed by atoms with E-state index in [1.807, 2.05) is 18.3 Å². The van der Waals surface area contributed by atoms with Crippen molar-refractivity contribution in [3.8, 4) is 0 Å². The molecule has 10 heteroatoms. The molecule has 0 bridgehead atoms. The zero-order valence-electron chi connectivity index (χ0n) is 21.5. The number of carbonyl (C=O) groups excluding carboxylic acids is 2. The van der Waals surface area contributed by atoms with E-state index in [9.17, 15) is 22.8 Å². The summed E-state index contributed by atoms with van der Waals surface area (Å²) in [5, 5.41) is 3.52. The third kappa shape index (κ3) is 6.00. The summed E-state index contributed by atoms with van der Waals surface area (Å²) in [5.74, 6) is -4.43. The number of aromatic amines is 1. The highest BCUT2D eigenvalue weighted by atomic mass is 19.2. The predicted molar refractivity (Wildman–Crippen MR) is 142 cm³/mol. The van der Waals surface area contributed by atoms with Crippen LogP contribution in [0.3, 0.4) is 0 Å². The first-order chi connectivity index (χ1) is 18.8. The Labute approximate surface area is 224 Å². The molecule has 1 aromatic carbocycles. The van der Waals surface area contributed by atoms with E-state index < -0.39 is 23.5 Å². The first kappa shape index (κ1) is 26.9. The van der Waals surface area contributed by atoms with Gasteiger partial charge in [0.25, 0.3) is 0 Å². The average Bonchev–Trinajstić information content (AvgIpc) is 3.38. The molecule has 39 heavy (non-hydrogen) atoms. The number of nitrogens with one attached hydrogen (secondary N) is 2. The van der Waals surface area contributed by atoms with Gasteiger partial charge < -0.3 is 20.9 Å². The first-order valence-electron chi connectivity index (χ1n) is 13.4. The number of primary amides is 1. The fourth-order valence-corrected chi connectivity index (χ4v) is 5.96. The molecule has 0 spiro atoms. The van der Waals surface area contributed by atoms with Gasteiger partial charge in [0.15, 0.2) is 17.5 Å². The van der Waals surface area contributed by atoms with Crippen LogP contribution in [0.25, 0.3) is 17.1 Å². The van der Waals surface area contributed by atoms with E-state index in [0.29, 0.717) is 31.8 Å². The topological polar surface area (TPSA) is 104 Å². The summed E-state index contributed by atoms with van der Waals surface area (Å²) in [4.78, 5) is 34.5. The van der Waals surface area contributed by atoms with Crippen LogP contribution in [0.1, 0.15) is 55.6 Å². The van der Waals surface area contributed by atoms with Crippen molar-refractivity contribution in [2.24, 2.45) is 11.7 Å². The van der Waals surface area contributed by atoms with E-state index >= 15 is 0 Å². The number of hydrogen-bond donors (Lipinski definition) is 3. The van der Waals surface area contributed by atoms with Crippen molar-refractivity contribution in [1.82, 2.24) is 20.2 Å². The van der Waals surface area contributed by atoms with Crippen molar-refractivity contribution in [3.63, 3.8) is 0 Å². The number of benzene rings is 1. The normalized spacial score (nSPS) is 21.5. The Morgan fingerprint density at radius 3 is 2.44 bits per heavy atom. The van der Waals surface area contributed by atoms with Gasteiger partial charge in [-0.05, 0) is 91.8 Å². The summed E-state index contributed by atoms with van der Waals surface area (Å²) in [6.07, 6.45) is 11.4. The van der Waals surface area contributed by atoms with Gasteiger partial charge in [0.2, 0.25) is 11.8 Å². The van der Waals surface area contributed by atoms with Crippen LogP contribution in [0.15, 0.2) is 42.7 Å². The van der Waals surface area contributed by atoms with Gasteiger partial charge in [0.05, 0.1) is 17.1 Å². The summed E-state index contributed by atoms with van der Waals surface area (Å²) in [6.45, 7) is 0.873. The number of nitrogens with zero attached hydrogens (tertiary/aromatic N) is 2. The smallest absolute Gasteiger partial charge is 0.246 e. The SMILES string of the molecule is NC(=O)C(NC1CCC(c2c[nH]c3cccnc23)CC1)C1CCN(C(=O)/C=C/c2cc(F)c(F)c(F)c2)CC1. The van der Waals surface area contributed by atoms with E-state index in [0.717, 1.165) is 48.8 Å². The van der Waals surface area contributed by atoms with Crippen LogP contribution in [0.5, 0.6) is 0 Å². The molecule has 1 unspecified atom stereocenters. The van der Waals surface area contributed by atoms with Gasteiger partial charge in [-0.3, -0.25) is 14.6 Å². The molecular weight excluding hydrogens is 507 g/mol. The van der Waals surface area contributed by atoms with Crippen LogP contribution in [-0.4, -0.2) is 51.9 Å². The molecule has 1 saturated carbocycles. The highest BCUT2D eigenvalue weighted by Gasteiger charge is 2.34. The molecule has 2 amide bonds.